The largest absolute Gasteiger partial charge is 0.480 e. The predicted octanol–water partition coefficient (Wildman–Crippen LogP) is -1.35. The van der Waals surface area contributed by atoms with Crippen LogP contribution in [-0.2, 0) is 9.59 Å². The second kappa shape index (κ2) is 9.23. The molecule has 0 aromatic rings. The van der Waals surface area contributed by atoms with Crippen molar-refractivity contribution in [1.29, 1.82) is 0 Å². The van der Waals surface area contributed by atoms with E-state index < -0.39 is 18.0 Å². The van der Waals surface area contributed by atoms with Gasteiger partial charge in [0, 0.05) is 32.5 Å². The van der Waals surface area contributed by atoms with Gasteiger partial charge in [-0.05, 0) is 6.92 Å². The number of rotatable bonds is 8. The first kappa shape index (κ1) is 16.2. The van der Waals surface area contributed by atoms with E-state index in [1.807, 2.05) is 0 Å². The van der Waals surface area contributed by atoms with Gasteiger partial charge in [0.15, 0.2) is 0 Å². The standard InChI is InChI=1S/C10H19N3O5/c1-2-11-8(15)3-5-12-10(18)13-7(4-6-14)9(16)17/h7,14H,2-6H2,1H3,(H,11,15)(H,16,17)(H2,12,13,18)/t7-/m1/s1. The summed E-state index contributed by atoms with van der Waals surface area (Å²) in [6.45, 7) is 2.08. The van der Waals surface area contributed by atoms with Crippen LogP contribution in [0.4, 0.5) is 4.79 Å². The van der Waals surface area contributed by atoms with Crippen LogP contribution >= 0.6 is 0 Å². The van der Waals surface area contributed by atoms with Crippen LogP contribution in [0.1, 0.15) is 19.8 Å². The molecule has 1 atom stereocenters. The van der Waals surface area contributed by atoms with Gasteiger partial charge in [0.05, 0.1) is 0 Å². The number of urea groups is 1. The quantitative estimate of drug-likeness (QED) is 0.369. The van der Waals surface area contributed by atoms with Crippen molar-refractivity contribution in [3.8, 4) is 0 Å². The Morgan fingerprint density at radius 1 is 1.22 bits per heavy atom. The Morgan fingerprint density at radius 3 is 2.39 bits per heavy atom. The Morgan fingerprint density at radius 2 is 1.89 bits per heavy atom. The number of hydrogen-bond donors (Lipinski definition) is 5. The predicted molar refractivity (Wildman–Crippen MR) is 63.0 cm³/mol. The van der Waals surface area contributed by atoms with Gasteiger partial charge in [-0.3, -0.25) is 4.79 Å². The Balaban J connectivity index is 3.88. The maximum absolute atomic E-state index is 11.3. The number of aliphatic carboxylic acids is 1. The number of aliphatic hydroxyl groups excluding tert-OH is 1. The van der Waals surface area contributed by atoms with Crippen molar-refractivity contribution in [2.45, 2.75) is 25.8 Å². The van der Waals surface area contributed by atoms with Crippen molar-refractivity contribution in [2.24, 2.45) is 0 Å². The zero-order valence-corrected chi connectivity index (χ0v) is 10.2. The summed E-state index contributed by atoms with van der Waals surface area (Å²) in [5, 5.41) is 24.4. The molecule has 0 aromatic heterocycles. The number of hydrogen-bond acceptors (Lipinski definition) is 4. The molecule has 0 spiro atoms. The molecule has 0 heterocycles. The average molecular weight is 261 g/mol. The lowest BCUT2D eigenvalue weighted by Gasteiger charge is -2.13. The summed E-state index contributed by atoms with van der Waals surface area (Å²) in [5.41, 5.74) is 0. The number of carboxylic acid groups (broad SMARTS) is 1. The first-order valence-corrected chi connectivity index (χ1v) is 5.66. The number of amides is 3. The first-order chi connectivity index (χ1) is 8.51. The van der Waals surface area contributed by atoms with Crippen LogP contribution < -0.4 is 16.0 Å². The molecule has 0 saturated carbocycles. The molecule has 0 radical (unpaired) electrons. The molecule has 8 nitrogen and oxygen atoms in total. The van der Waals surface area contributed by atoms with Gasteiger partial charge in [-0.2, -0.15) is 0 Å². The normalized spacial score (nSPS) is 11.4. The highest BCUT2D eigenvalue weighted by molar-refractivity contribution is 5.83. The van der Waals surface area contributed by atoms with Crippen LogP contribution in [0.2, 0.25) is 0 Å². The molecule has 0 bridgehead atoms. The Kier molecular flexibility index (Phi) is 8.29. The molecule has 0 unspecified atom stereocenters. The van der Waals surface area contributed by atoms with Gasteiger partial charge < -0.3 is 26.2 Å². The van der Waals surface area contributed by atoms with Crippen molar-refractivity contribution < 1.29 is 24.6 Å². The fraction of sp³-hybridized carbons (Fsp3) is 0.700. The topological polar surface area (TPSA) is 128 Å². The fourth-order valence-electron chi connectivity index (χ4n) is 1.17. The molecule has 18 heavy (non-hydrogen) atoms. The fourth-order valence-corrected chi connectivity index (χ4v) is 1.17. The highest BCUT2D eigenvalue weighted by Gasteiger charge is 2.18. The molecule has 0 aromatic carbocycles. The summed E-state index contributed by atoms with van der Waals surface area (Å²) >= 11 is 0. The molecule has 0 saturated heterocycles. The second-order valence-corrected chi connectivity index (χ2v) is 3.51. The lowest BCUT2D eigenvalue weighted by molar-refractivity contribution is -0.139. The lowest BCUT2D eigenvalue weighted by atomic mass is 10.2. The van der Waals surface area contributed by atoms with Crippen LogP contribution in [0.5, 0.6) is 0 Å². The van der Waals surface area contributed by atoms with E-state index in [1.54, 1.807) is 6.92 Å². The summed E-state index contributed by atoms with van der Waals surface area (Å²) in [7, 11) is 0. The van der Waals surface area contributed by atoms with Gasteiger partial charge in [-0.15, -0.1) is 0 Å². The van der Waals surface area contributed by atoms with E-state index in [2.05, 4.69) is 16.0 Å². The zero-order valence-electron chi connectivity index (χ0n) is 10.2. The number of carbonyl (C=O) groups excluding carboxylic acids is 2. The molecule has 0 aliphatic carbocycles. The minimum atomic E-state index is -1.22. The number of carbonyl (C=O) groups is 3. The highest BCUT2D eigenvalue weighted by atomic mass is 16.4. The van der Waals surface area contributed by atoms with E-state index in [4.69, 9.17) is 10.2 Å². The van der Waals surface area contributed by atoms with E-state index in [1.165, 1.54) is 0 Å². The van der Waals surface area contributed by atoms with E-state index in [9.17, 15) is 14.4 Å². The number of carboxylic acids is 1. The van der Waals surface area contributed by atoms with Crippen molar-refractivity contribution in [3.05, 3.63) is 0 Å². The Hall–Kier alpha value is -1.83. The smallest absolute Gasteiger partial charge is 0.326 e. The molecule has 104 valence electrons. The Bertz CT molecular complexity index is 295. The third-order valence-electron chi connectivity index (χ3n) is 2.03. The first-order valence-electron chi connectivity index (χ1n) is 5.66. The molecular formula is C10H19N3O5. The van der Waals surface area contributed by atoms with Crippen molar-refractivity contribution in [3.63, 3.8) is 0 Å². The third-order valence-corrected chi connectivity index (χ3v) is 2.03. The van der Waals surface area contributed by atoms with Gasteiger partial charge in [0.1, 0.15) is 6.04 Å². The van der Waals surface area contributed by atoms with Gasteiger partial charge in [-0.1, -0.05) is 0 Å². The second-order valence-electron chi connectivity index (χ2n) is 3.51. The van der Waals surface area contributed by atoms with E-state index in [0.29, 0.717) is 6.54 Å². The van der Waals surface area contributed by atoms with Crippen molar-refractivity contribution >= 4 is 17.9 Å². The monoisotopic (exact) mass is 261 g/mol. The Labute approximate surface area is 105 Å². The van der Waals surface area contributed by atoms with Gasteiger partial charge in [0.2, 0.25) is 5.91 Å². The molecule has 0 fully saturated rings. The highest BCUT2D eigenvalue weighted by Crippen LogP contribution is 1.91. The molecule has 5 N–H and O–H groups in total. The summed E-state index contributed by atoms with van der Waals surface area (Å²) in [6, 6.07) is -1.82. The van der Waals surface area contributed by atoms with Crippen LogP contribution in [0.25, 0.3) is 0 Å². The van der Waals surface area contributed by atoms with Gasteiger partial charge in [0.25, 0.3) is 0 Å². The van der Waals surface area contributed by atoms with Gasteiger partial charge in [-0.25, -0.2) is 9.59 Å². The SMILES string of the molecule is CCNC(=O)CCNC(=O)N[C@H](CCO)C(=O)O. The summed E-state index contributed by atoms with van der Waals surface area (Å²) in [5.74, 6) is -1.41. The summed E-state index contributed by atoms with van der Waals surface area (Å²) < 4.78 is 0. The molecule has 8 heteroatoms. The van der Waals surface area contributed by atoms with Gasteiger partial charge >= 0.3 is 12.0 Å². The average Bonchev–Trinajstić information content (AvgIpc) is 2.28. The molecule has 3 amide bonds. The maximum Gasteiger partial charge on any atom is 0.326 e. The summed E-state index contributed by atoms with van der Waals surface area (Å²) in [6.07, 6.45) is 0.0536. The van der Waals surface area contributed by atoms with E-state index in [0.717, 1.165) is 0 Å². The molecular weight excluding hydrogens is 242 g/mol. The van der Waals surface area contributed by atoms with Crippen LogP contribution in [0.3, 0.4) is 0 Å². The van der Waals surface area contributed by atoms with Crippen molar-refractivity contribution in [1.82, 2.24) is 16.0 Å². The van der Waals surface area contributed by atoms with E-state index in [-0.39, 0.29) is 31.9 Å². The van der Waals surface area contributed by atoms with Crippen LogP contribution in [-0.4, -0.2) is 53.9 Å². The maximum atomic E-state index is 11.3. The molecule has 0 rings (SSSR count). The summed E-state index contributed by atoms with van der Waals surface area (Å²) in [4.78, 5) is 33.0. The minimum Gasteiger partial charge on any atom is -0.480 e. The lowest BCUT2D eigenvalue weighted by Crippen LogP contribution is -2.47. The van der Waals surface area contributed by atoms with Crippen LogP contribution in [0.15, 0.2) is 0 Å². The molecule has 0 aliphatic rings. The number of aliphatic hydroxyl groups is 1. The molecule has 0 aliphatic heterocycles. The zero-order chi connectivity index (χ0) is 14.0. The minimum absolute atomic E-state index is 0.0704. The van der Waals surface area contributed by atoms with Crippen LogP contribution in [0, 0.1) is 0 Å². The van der Waals surface area contributed by atoms with Crippen molar-refractivity contribution in [2.75, 3.05) is 19.7 Å². The third kappa shape index (κ3) is 7.44. The van der Waals surface area contributed by atoms with E-state index >= 15 is 0 Å². The number of nitrogens with one attached hydrogen (secondary N) is 3.